The Hall–Kier alpha value is -1.46. The molecule has 3 rings (SSSR count). The van der Waals surface area contributed by atoms with Crippen molar-refractivity contribution in [3.8, 4) is 5.75 Å². The molecular formula is C24H35FO4. The molecule has 5 heteroatoms. The highest BCUT2D eigenvalue weighted by Gasteiger charge is 2.35. The Morgan fingerprint density at radius 2 is 1.83 bits per heavy atom. The Morgan fingerprint density at radius 1 is 1.10 bits per heavy atom. The lowest BCUT2D eigenvalue weighted by molar-refractivity contribution is -0.230. The quantitative estimate of drug-likeness (QED) is 0.317. The van der Waals surface area contributed by atoms with Crippen molar-refractivity contribution in [2.75, 3.05) is 13.2 Å². The number of rotatable bonds is 8. The zero-order valence-electron chi connectivity index (χ0n) is 17.8. The van der Waals surface area contributed by atoms with Gasteiger partial charge in [0.25, 0.3) is 0 Å². The number of carbonyl (C=O) groups is 1. The van der Waals surface area contributed by atoms with E-state index in [9.17, 15) is 9.18 Å². The SMILES string of the molecule is CCCCCC1COC(C2CCC(C(=O)Oc3ccc(CC)cc3F)CC2)OC1. The number of halogens is 1. The van der Waals surface area contributed by atoms with E-state index in [0.29, 0.717) is 11.8 Å². The van der Waals surface area contributed by atoms with Gasteiger partial charge in [0.2, 0.25) is 0 Å². The van der Waals surface area contributed by atoms with E-state index in [1.54, 1.807) is 12.1 Å². The second-order valence-electron chi connectivity index (χ2n) is 8.55. The third kappa shape index (κ3) is 6.26. The lowest BCUT2D eigenvalue weighted by atomic mass is 9.81. The molecule has 2 aliphatic rings. The molecule has 1 saturated heterocycles. The second kappa shape index (κ2) is 11.1. The fourth-order valence-electron chi connectivity index (χ4n) is 4.35. The van der Waals surface area contributed by atoms with Crippen molar-refractivity contribution < 1.29 is 23.4 Å². The molecule has 0 amide bonds. The van der Waals surface area contributed by atoms with Gasteiger partial charge in [0, 0.05) is 11.8 Å². The van der Waals surface area contributed by atoms with E-state index in [-0.39, 0.29) is 23.9 Å². The van der Waals surface area contributed by atoms with E-state index in [2.05, 4.69) is 6.92 Å². The molecule has 0 bridgehead atoms. The lowest BCUT2D eigenvalue weighted by Gasteiger charge is -2.37. The first-order valence-electron chi connectivity index (χ1n) is 11.3. The standard InChI is InChI=1S/C24H35FO4/c1-3-5-6-7-18-15-27-24(28-16-18)20-11-9-19(10-12-20)23(26)29-22-13-8-17(4-2)14-21(22)25/h8,13-14,18-20,24H,3-7,9-12,15-16H2,1-2H3. The molecule has 0 N–H and O–H groups in total. The molecule has 162 valence electrons. The summed E-state index contributed by atoms with van der Waals surface area (Å²) in [5.74, 6) is -0.101. The van der Waals surface area contributed by atoms with Crippen LogP contribution >= 0.6 is 0 Å². The van der Waals surface area contributed by atoms with Crippen molar-refractivity contribution in [1.82, 2.24) is 0 Å². The van der Waals surface area contributed by atoms with Gasteiger partial charge in [0.05, 0.1) is 19.1 Å². The Bertz CT molecular complexity index is 646. The van der Waals surface area contributed by atoms with E-state index in [0.717, 1.165) is 50.9 Å². The zero-order valence-corrected chi connectivity index (χ0v) is 17.8. The molecule has 0 radical (unpaired) electrons. The van der Waals surface area contributed by atoms with E-state index < -0.39 is 5.82 Å². The maximum Gasteiger partial charge on any atom is 0.314 e. The van der Waals surface area contributed by atoms with Gasteiger partial charge >= 0.3 is 5.97 Å². The third-order valence-electron chi connectivity index (χ3n) is 6.31. The highest BCUT2D eigenvalue weighted by molar-refractivity contribution is 5.75. The first-order valence-corrected chi connectivity index (χ1v) is 11.3. The summed E-state index contributed by atoms with van der Waals surface area (Å²) in [5, 5.41) is 0. The predicted octanol–water partition coefficient (Wildman–Crippen LogP) is 5.67. The van der Waals surface area contributed by atoms with Crippen LogP contribution in [0.4, 0.5) is 4.39 Å². The van der Waals surface area contributed by atoms with Crippen LogP contribution in [0, 0.1) is 23.6 Å². The van der Waals surface area contributed by atoms with Crippen LogP contribution < -0.4 is 4.74 Å². The predicted molar refractivity (Wildman–Crippen MR) is 110 cm³/mol. The fourth-order valence-corrected chi connectivity index (χ4v) is 4.35. The molecular weight excluding hydrogens is 371 g/mol. The molecule has 29 heavy (non-hydrogen) atoms. The summed E-state index contributed by atoms with van der Waals surface area (Å²) >= 11 is 0. The number of hydrogen-bond donors (Lipinski definition) is 0. The number of benzene rings is 1. The van der Waals surface area contributed by atoms with Crippen LogP contribution in [-0.4, -0.2) is 25.5 Å². The summed E-state index contributed by atoms with van der Waals surface area (Å²) in [6, 6.07) is 4.79. The molecule has 0 aromatic heterocycles. The van der Waals surface area contributed by atoms with Crippen molar-refractivity contribution in [3.63, 3.8) is 0 Å². The van der Waals surface area contributed by atoms with Crippen LogP contribution in [0.1, 0.15) is 70.8 Å². The molecule has 4 nitrogen and oxygen atoms in total. The van der Waals surface area contributed by atoms with Crippen molar-refractivity contribution in [2.45, 2.75) is 77.9 Å². The van der Waals surface area contributed by atoms with Gasteiger partial charge in [-0.2, -0.15) is 0 Å². The normalized spacial score (nSPS) is 27.6. The monoisotopic (exact) mass is 406 g/mol. The Balaban J connectivity index is 1.41. The topological polar surface area (TPSA) is 44.8 Å². The number of hydrogen-bond acceptors (Lipinski definition) is 4. The zero-order chi connectivity index (χ0) is 20.6. The average molecular weight is 407 g/mol. The molecule has 1 aromatic carbocycles. The second-order valence-corrected chi connectivity index (χ2v) is 8.55. The Morgan fingerprint density at radius 3 is 2.45 bits per heavy atom. The summed E-state index contributed by atoms with van der Waals surface area (Å²) in [6.07, 6.45) is 8.76. The molecule has 0 atom stereocenters. The van der Waals surface area contributed by atoms with Crippen molar-refractivity contribution in [3.05, 3.63) is 29.6 Å². The van der Waals surface area contributed by atoms with Gasteiger partial charge < -0.3 is 14.2 Å². The van der Waals surface area contributed by atoms with E-state index in [1.807, 2.05) is 6.92 Å². The molecule has 1 aliphatic carbocycles. The van der Waals surface area contributed by atoms with Gasteiger partial charge in [-0.25, -0.2) is 4.39 Å². The molecule has 1 heterocycles. The van der Waals surface area contributed by atoms with Crippen LogP contribution in [-0.2, 0) is 20.7 Å². The largest absolute Gasteiger partial charge is 0.423 e. The highest BCUT2D eigenvalue weighted by Crippen LogP contribution is 2.35. The Labute approximate surface area is 174 Å². The number of esters is 1. The van der Waals surface area contributed by atoms with E-state index >= 15 is 0 Å². The van der Waals surface area contributed by atoms with Gasteiger partial charge in [-0.1, -0.05) is 39.2 Å². The summed E-state index contributed by atoms with van der Waals surface area (Å²) in [6.45, 7) is 5.74. The number of aryl methyl sites for hydroxylation is 1. The minimum absolute atomic E-state index is 0.0300. The molecule has 1 saturated carbocycles. The Kier molecular flexibility index (Phi) is 8.49. The summed E-state index contributed by atoms with van der Waals surface area (Å²) in [4.78, 5) is 12.5. The van der Waals surface area contributed by atoms with Gasteiger partial charge in [-0.05, 0) is 56.2 Å². The molecule has 1 aromatic rings. The summed E-state index contributed by atoms with van der Waals surface area (Å²) in [5.41, 5.74) is 0.892. The van der Waals surface area contributed by atoms with Gasteiger partial charge in [-0.3, -0.25) is 4.79 Å². The molecule has 0 spiro atoms. The molecule has 2 fully saturated rings. The van der Waals surface area contributed by atoms with E-state index in [1.165, 1.54) is 31.7 Å². The fraction of sp³-hybridized carbons (Fsp3) is 0.708. The number of carbonyl (C=O) groups excluding carboxylic acids is 1. The van der Waals surface area contributed by atoms with Gasteiger partial charge in [0.1, 0.15) is 0 Å². The summed E-state index contributed by atoms with van der Waals surface area (Å²) in [7, 11) is 0. The summed E-state index contributed by atoms with van der Waals surface area (Å²) < 4.78 is 31.4. The van der Waals surface area contributed by atoms with Crippen molar-refractivity contribution in [2.24, 2.45) is 17.8 Å². The highest BCUT2D eigenvalue weighted by atomic mass is 19.1. The lowest BCUT2D eigenvalue weighted by Crippen LogP contribution is -2.39. The smallest absolute Gasteiger partial charge is 0.314 e. The van der Waals surface area contributed by atoms with Crippen molar-refractivity contribution >= 4 is 5.97 Å². The van der Waals surface area contributed by atoms with Crippen LogP contribution in [0.2, 0.25) is 0 Å². The van der Waals surface area contributed by atoms with E-state index in [4.69, 9.17) is 14.2 Å². The first-order chi connectivity index (χ1) is 14.1. The van der Waals surface area contributed by atoms with Gasteiger partial charge in [0.15, 0.2) is 17.9 Å². The van der Waals surface area contributed by atoms with Gasteiger partial charge in [-0.15, -0.1) is 0 Å². The van der Waals surface area contributed by atoms with Crippen LogP contribution in [0.3, 0.4) is 0 Å². The van der Waals surface area contributed by atoms with Crippen LogP contribution in [0.25, 0.3) is 0 Å². The van der Waals surface area contributed by atoms with Crippen molar-refractivity contribution in [1.29, 1.82) is 0 Å². The number of unbranched alkanes of at least 4 members (excludes halogenated alkanes) is 2. The minimum Gasteiger partial charge on any atom is -0.423 e. The number of ether oxygens (including phenoxy) is 3. The maximum atomic E-state index is 14.1. The first kappa shape index (κ1) is 22.2. The third-order valence-corrected chi connectivity index (χ3v) is 6.31. The maximum absolute atomic E-state index is 14.1. The minimum atomic E-state index is -0.469. The average Bonchev–Trinajstić information content (AvgIpc) is 2.76. The van der Waals surface area contributed by atoms with Crippen LogP contribution in [0.15, 0.2) is 18.2 Å². The molecule has 1 aliphatic heterocycles. The molecule has 0 unspecified atom stereocenters. The van der Waals surface area contributed by atoms with Crippen LogP contribution in [0.5, 0.6) is 5.75 Å².